The summed E-state index contributed by atoms with van der Waals surface area (Å²) in [5, 5.41) is 2.44. The van der Waals surface area contributed by atoms with Crippen molar-refractivity contribution in [1.82, 2.24) is 10.3 Å². The average molecular weight is 347 g/mol. The zero-order valence-corrected chi connectivity index (χ0v) is 12.8. The third-order valence-electron chi connectivity index (χ3n) is 2.87. The summed E-state index contributed by atoms with van der Waals surface area (Å²) in [6, 6.07) is 3.98. The maximum absolute atomic E-state index is 13.8. The molecule has 22 heavy (non-hydrogen) atoms. The molecule has 116 valence electrons. The maximum Gasteiger partial charge on any atom is 0.256 e. The molecule has 0 radical (unpaired) electrons. The Morgan fingerprint density at radius 2 is 2.00 bits per heavy atom. The van der Waals surface area contributed by atoms with Crippen LogP contribution in [-0.2, 0) is 6.54 Å². The molecule has 0 aliphatic heterocycles. The van der Waals surface area contributed by atoms with Crippen LogP contribution in [0.15, 0.2) is 24.4 Å². The van der Waals surface area contributed by atoms with Gasteiger partial charge in [0.05, 0.1) is 17.7 Å². The zero-order chi connectivity index (χ0) is 16.3. The van der Waals surface area contributed by atoms with E-state index in [0.29, 0.717) is 0 Å². The van der Waals surface area contributed by atoms with Gasteiger partial charge in [0.1, 0.15) is 5.15 Å². The van der Waals surface area contributed by atoms with Crippen LogP contribution in [-0.4, -0.2) is 18.0 Å². The Labute approximate surface area is 135 Å². The quantitative estimate of drug-likeness (QED) is 0.860. The van der Waals surface area contributed by atoms with E-state index in [0.717, 1.165) is 0 Å². The Bertz CT molecular complexity index is 706. The summed E-state index contributed by atoms with van der Waals surface area (Å²) < 4.78 is 32.0. The zero-order valence-electron chi connectivity index (χ0n) is 11.3. The largest absolute Gasteiger partial charge is 0.494 e. The second-order valence-electron chi connectivity index (χ2n) is 4.20. The Morgan fingerprint density at radius 3 is 2.64 bits per heavy atom. The minimum atomic E-state index is -1.12. The van der Waals surface area contributed by atoms with Crippen LogP contribution in [0.3, 0.4) is 0 Å². The molecule has 0 aliphatic rings. The number of amides is 1. The number of methoxy groups -OCH3 is 1. The number of carbonyl (C=O) groups excluding carboxylic acids is 1. The van der Waals surface area contributed by atoms with Crippen LogP contribution in [0.25, 0.3) is 0 Å². The van der Waals surface area contributed by atoms with Gasteiger partial charge < -0.3 is 10.1 Å². The SMILES string of the molecule is COc1ccc(CNC(=O)c2c(Cl)ccnc2Cl)c(F)c1F. The van der Waals surface area contributed by atoms with Gasteiger partial charge in [-0.25, -0.2) is 9.37 Å². The molecule has 0 saturated carbocycles. The van der Waals surface area contributed by atoms with Crippen molar-refractivity contribution in [2.75, 3.05) is 7.11 Å². The molecule has 1 aromatic heterocycles. The third kappa shape index (κ3) is 3.28. The van der Waals surface area contributed by atoms with Gasteiger partial charge in [-0.3, -0.25) is 4.79 Å². The fourth-order valence-electron chi connectivity index (χ4n) is 1.75. The number of nitrogens with zero attached hydrogens (tertiary/aromatic N) is 1. The number of hydrogen-bond acceptors (Lipinski definition) is 3. The topological polar surface area (TPSA) is 51.2 Å². The highest BCUT2D eigenvalue weighted by Crippen LogP contribution is 2.24. The van der Waals surface area contributed by atoms with E-state index in [9.17, 15) is 13.6 Å². The van der Waals surface area contributed by atoms with E-state index in [2.05, 4.69) is 15.0 Å². The second-order valence-corrected chi connectivity index (χ2v) is 4.96. The Morgan fingerprint density at radius 1 is 1.27 bits per heavy atom. The molecule has 0 aliphatic carbocycles. The lowest BCUT2D eigenvalue weighted by atomic mass is 10.2. The van der Waals surface area contributed by atoms with Crippen molar-refractivity contribution in [3.05, 3.63) is 57.3 Å². The van der Waals surface area contributed by atoms with Crippen molar-refractivity contribution < 1.29 is 18.3 Å². The minimum Gasteiger partial charge on any atom is -0.494 e. The van der Waals surface area contributed by atoms with Crippen molar-refractivity contribution in [1.29, 1.82) is 0 Å². The monoisotopic (exact) mass is 346 g/mol. The highest BCUT2D eigenvalue weighted by molar-refractivity contribution is 6.38. The molecule has 1 N–H and O–H groups in total. The van der Waals surface area contributed by atoms with Crippen molar-refractivity contribution in [3.63, 3.8) is 0 Å². The summed E-state index contributed by atoms with van der Waals surface area (Å²) in [6.07, 6.45) is 1.35. The Kier molecular flexibility index (Phi) is 5.15. The molecule has 1 aromatic carbocycles. The first kappa shape index (κ1) is 16.5. The molecule has 0 spiro atoms. The van der Waals surface area contributed by atoms with Gasteiger partial charge in [0.25, 0.3) is 5.91 Å². The molecule has 2 aromatic rings. The summed E-state index contributed by atoms with van der Waals surface area (Å²) >= 11 is 11.7. The van der Waals surface area contributed by atoms with Crippen LogP contribution in [0.2, 0.25) is 10.2 Å². The van der Waals surface area contributed by atoms with Crippen LogP contribution < -0.4 is 10.1 Å². The highest BCUT2D eigenvalue weighted by atomic mass is 35.5. The van der Waals surface area contributed by atoms with Crippen molar-refractivity contribution >= 4 is 29.1 Å². The standard InChI is InChI=1S/C14H10Cl2F2N2O2/c1-22-9-3-2-7(11(17)12(9)18)6-20-14(21)10-8(15)4-5-19-13(10)16/h2-5H,6H2,1H3,(H,20,21). The first-order valence-electron chi connectivity index (χ1n) is 6.04. The van der Waals surface area contributed by atoms with Gasteiger partial charge in [-0.1, -0.05) is 29.3 Å². The van der Waals surface area contributed by atoms with E-state index in [4.69, 9.17) is 23.2 Å². The molecule has 0 fully saturated rings. The van der Waals surface area contributed by atoms with Crippen LogP contribution in [0.1, 0.15) is 15.9 Å². The molecule has 1 heterocycles. The van der Waals surface area contributed by atoms with Gasteiger partial charge in [0.15, 0.2) is 11.6 Å². The van der Waals surface area contributed by atoms with E-state index in [-0.39, 0.29) is 33.6 Å². The molecule has 2 rings (SSSR count). The fourth-order valence-corrected chi connectivity index (χ4v) is 2.27. The van der Waals surface area contributed by atoms with E-state index in [1.54, 1.807) is 0 Å². The lowest BCUT2D eigenvalue weighted by molar-refractivity contribution is 0.0950. The minimum absolute atomic E-state index is 0.0276. The predicted octanol–water partition coefficient (Wildman–Crippen LogP) is 3.61. The third-order valence-corrected chi connectivity index (χ3v) is 3.47. The van der Waals surface area contributed by atoms with Crippen LogP contribution >= 0.6 is 23.2 Å². The van der Waals surface area contributed by atoms with Crippen LogP contribution in [0.5, 0.6) is 5.75 Å². The predicted molar refractivity (Wildman–Crippen MR) is 78.3 cm³/mol. The summed E-state index contributed by atoms with van der Waals surface area (Å²) in [4.78, 5) is 15.8. The number of aromatic nitrogens is 1. The number of benzene rings is 1. The van der Waals surface area contributed by atoms with Gasteiger partial charge >= 0.3 is 0 Å². The number of halogens is 4. The Hall–Kier alpha value is -1.92. The van der Waals surface area contributed by atoms with E-state index in [1.165, 1.54) is 31.5 Å². The van der Waals surface area contributed by atoms with E-state index in [1.807, 2.05) is 0 Å². The number of nitrogens with one attached hydrogen (secondary N) is 1. The maximum atomic E-state index is 13.8. The molecule has 0 saturated heterocycles. The van der Waals surface area contributed by atoms with Gasteiger partial charge in [-0.2, -0.15) is 4.39 Å². The average Bonchev–Trinajstić information content (AvgIpc) is 2.48. The molecular weight excluding hydrogens is 337 g/mol. The summed E-state index contributed by atoms with van der Waals surface area (Å²) in [5.41, 5.74) is -0.0667. The van der Waals surface area contributed by atoms with Crippen molar-refractivity contribution in [2.24, 2.45) is 0 Å². The van der Waals surface area contributed by atoms with E-state index >= 15 is 0 Å². The molecule has 0 unspecified atom stereocenters. The van der Waals surface area contributed by atoms with E-state index < -0.39 is 17.5 Å². The van der Waals surface area contributed by atoms with Crippen LogP contribution in [0, 0.1) is 11.6 Å². The first-order chi connectivity index (χ1) is 10.5. The highest BCUT2D eigenvalue weighted by Gasteiger charge is 2.18. The fraction of sp³-hybridized carbons (Fsp3) is 0.143. The summed E-state index contributed by atoms with van der Waals surface area (Å²) in [5.74, 6) is -3.07. The number of rotatable bonds is 4. The van der Waals surface area contributed by atoms with Crippen LogP contribution in [0.4, 0.5) is 8.78 Å². The van der Waals surface area contributed by atoms with Crippen molar-refractivity contribution in [3.8, 4) is 5.75 Å². The number of hydrogen-bond donors (Lipinski definition) is 1. The number of carbonyl (C=O) groups is 1. The lowest BCUT2D eigenvalue weighted by Gasteiger charge is -2.10. The van der Waals surface area contributed by atoms with Gasteiger partial charge in [-0.15, -0.1) is 0 Å². The molecule has 0 bridgehead atoms. The molecule has 0 atom stereocenters. The molecule has 4 nitrogen and oxygen atoms in total. The lowest BCUT2D eigenvalue weighted by Crippen LogP contribution is -2.24. The molecule has 1 amide bonds. The van der Waals surface area contributed by atoms with Gasteiger partial charge in [-0.05, 0) is 12.1 Å². The number of pyridine rings is 1. The van der Waals surface area contributed by atoms with Crippen molar-refractivity contribution in [2.45, 2.75) is 6.54 Å². The second kappa shape index (κ2) is 6.89. The Balaban J connectivity index is 2.17. The first-order valence-corrected chi connectivity index (χ1v) is 6.80. The molecule has 8 heteroatoms. The summed E-state index contributed by atoms with van der Waals surface area (Å²) in [7, 11) is 1.23. The normalized spacial score (nSPS) is 10.4. The van der Waals surface area contributed by atoms with Gasteiger partial charge in [0.2, 0.25) is 5.82 Å². The smallest absolute Gasteiger partial charge is 0.256 e. The number of ether oxygens (including phenoxy) is 1. The molecular formula is C14H10Cl2F2N2O2. The summed E-state index contributed by atoms with van der Waals surface area (Å²) in [6.45, 7) is -0.243. The van der Waals surface area contributed by atoms with Gasteiger partial charge in [0, 0.05) is 18.3 Å².